The van der Waals surface area contributed by atoms with Gasteiger partial charge in [0.15, 0.2) is 0 Å². The minimum atomic E-state index is -8.05. The molecule has 0 heterocycles. The molecule has 1 N–H and O–H groups in total. The second-order valence-electron chi connectivity index (χ2n) is 6.82. The van der Waals surface area contributed by atoms with Crippen LogP contribution in [0.25, 0.3) is 0 Å². The Kier molecular flexibility index (Phi) is 8.17. The molecule has 0 aliphatic carbocycles. The number of hydrogen-bond acceptors (Lipinski definition) is 3. The second kappa shape index (κ2) is 9.31. The molecule has 0 aliphatic rings. The lowest BCUT2D eigenvalue weighted by Gasteiger charge is -2.40. The normalized spacial score (nSPS) is 17.7. The van der Waals surface area contributed by atoms with Crippen molar-refractivity contribution in [2.24, 2.45) is 0 Å². The van der Waals surface area contributed by atoms with Gasteiger partial charge in [-0.25, -0.2) is 0 Å². The Labute approximate surface area is 192 Å². The van der Waals surface area contributed by atoms with Crippen LogP contribution in [0.5, 0.6) is 0 Å². The highest BCUT2D eigenvalue weighted by Crippen LogP contribution is 2.56. The fraction of sp³-hybridized carbons (Fsp3) is 0.562. The molecule has 214 valence electrons. The number of rotatable bonds is 8. The lowest BCUT2D eigenvalue weighted by molar-refractivity contribution is -0.548. The molecule has 1 amide bonds. The van der Waals surface area contributed by atoms with Gasteiger partial charge in [-0.1, -0.05) is 12.1 Å². The Morgan fingerprint density at radius 1 is 0.676 bits per heavy atom. The molecule has 0 saturated heterocycles. The lowest BCUT2D eigenvalue weighted by atomic mass is 10.2. The van der Waals surface area contributed by atoms with Gasteiger partial charge in [-0.2, -0.15) is 74.6 Å². The molecule has 0 saturated carbocycles. The van der Waals surface area contributed by atoms with Gasteiger partial charge in [0.05, 0.1) is 0 Å². The van der Waals surface area contributed by atoms with Gasteiger partial charge in [0, 0.05) is 5.69 Å². The van der Waals surface area contributed by atoms with E-state index in [1.165, 1.54) is 17.7 Å². The third-order valence-corrected chi connectivity index (χ3v) is 3.93. The van der Waals surface area contributed by atoms with Gasteiger partial charge in [-0.05, 0) is 24.6 Å². The fourth-order valence-corrected chi connectivity index (χ4v) is 2.10. The molecule has 37 heavy (non-hydrogen) atoms. The number of halogens is 17. The summed E-state index contributed by atoms with van der Waals surface area (Å²) in [5, 5.41) is 0.881. The minimum Gasteiger partial charge on any atom is -0.321 e. The zero-order valence-electron chi connectivity index (χ0n) is 17.0. The van der Waals surface area contributed by atoms with Crippen molar-refractivity contribution in [2.75, 3.05) is 5.32 Å². The molecule has 0 aromatic heterocycles. The van der Waals surface area contributed by atoms with Gasteiger partial charge in [0.2, 0.25) is 0 Å². The first-order valence-electron chi connectivity index (χ1n) is 8.55. The third-order valence-electron chi connectivity index (χ3n) is 3.93. The van der Waals surface area contributed by atoms with Crippen LogP contribution in [0, 0.1) is 6.92 Å². The van der Waals surface area contributed by atoms with E-state index in [-0.39, 0.29) is 5.56 Å². The summed E-state index contributed by atoms with van der Waals surface area (Å²) in [4.78, 5) is 11.7. The summed E-state index contributed by atoms with van der Waals surface area (Å²) in [5.74, 6) is -26.2. The predicted octanol–water partition coefficient (Wildman–Crippen LogP) is 6.81. The van der Waals surface area contributed by atoms with E-state index in [1.807, 2.05) is 4.74 Å². The number of anilines is 1. The van der Waals surface area contributed by atoms with Crippen LogP contribution >= 0.6 is 0 Å². The van der Waals surface area contributed by atoms with Gasteiger partial charge in [0.1, 0.15) is 0 Å². The number of amides is 1. The van der Waals surface area contributed by atoms with Crippen LogP contribution in [-0.4, -0.2) is 54.3 Å². The first-order valence-corrected chi connectivity index (χ1v) is 8.55. The molecule has 4 nitrogen and oxygen atoms in total. The molecule has 0 spiro atoms. The van der Waals surface area contributed by atoms with Gasteiger partial charge >= 0.3 is 48.4 Å². The Bertz CT molecular complexity index is 986. The maximum absolute atomic E-state index is 14.4. The smallest absolute Gasteiger partial charge is 0.321 e. The standard InChI is InChI=1S/C16H8F17NO3/c1-6-3-2-4-7(5-6)34-8(35)9(17,12(21,22)23)36-16(32,33)11(20,14(27,28)29)37-15(30,31)10(18,19)13(24,25)26/h2-5H,1H3,(H,34,35)/t9-,11-/m1/s1. The van der Waals surface area contributed by atoms with E-state index in [9.17, 15) is 79.4 Å². The van der Waals surface area contributed by atoms with E-state index in [2.05, 4.69) is 0 Å². The van der Waals surface area contributed by atoms with Crippen LogP contribution in [0.3, 0.4) is 0 Å². The summed E-state index contributed by atoms with van der Waals surface area (Å²) in [6.07, 6.45) is -38.5. The Hall–Kier alpha value is -2.58. The van der Waals surface area contributed by atoms with E-state index < -0.39 is 60.0 Å². The highest BCUT2D eigenvalue weighted by molar-refractivity contribution is 5.96. The average Bonchev–Trinajstić information content (AvgIpc) is 2.64. The van der Waals surface area contributed by atoms with Crippen LogP contribution in [0.2, 0.25) is 0 Å². The number of alkyl halides is 17. The number of aryl methyl sites for hydroxylation is 1. The van der Waals surface area contributed by atoms with E-state index in [4.69, 9.17) is 0 Å². The van der Waals surface area contributed by atoms with Gasteiger partial charge < -0.3 is 5.32 Å². The number of hydrogen-bond donors (Lipinski definition) is 1. The number of benzene rings is 1. The van der Waals surface area contributed by atoms with Crippen LogP contribution in [0.4, 0.5) is 80.3 Å². The number of carbonyl (C=O) groups is 1. The molecular weight excluding hydrogens is 577 g/mol. The molecule has 0 radical (unpaired) electrons. The van der Waals surface area contributed by atoms with E-state index >= 15 is 0 Å². The first kappa shape index (κ1) is 32.4. The molecule has 0 unspecified atom stereocenters. The van der Waals surface area contributed by atoms with Gasteiger partial charge in [0.25, 0.3) is 5.91 Å². The SMILES string of the molecule is Cc1cccc(NC(=O)[C@@](F)(OC(F)(F)[C@](F)(OC(F)(F)C(F)(F)C(F)(F)F)C(F)(F)F)C(F)(F)F)c1. The van der Waals surface area contributed by atoms with Crippen molar-refractivity contribution in [1.82, 2.24) is 0 Å². The van der Waals surface area contributed by atoms with Crippen molar-refractivity contribution in [3.8, 4) is 0 Å². The monoisotopic (exact) mass is 585 g/mol. The summed E-state index contributed by atoms with van der Waals surface area (Å²) in [5.41, 5.74) is -0.792. The molecule has 0 fully saturated rings. The van der Waals surface area contributed by atoms with Crippen molar-refractivity contribution in [1.29, 1.82) is 0 Å². The Morgan fingerprint density at radius 2 is 1.16 bits per heavy atom. The zero-order chi connectivity index (χ0) is 29.7. The minimum absolute atomic E-state index is 0.0848. The number of ether oxygens (including phenoxy) is 2. The Balaban J connectivity index is 3.63. The highest BCUT2D eigenvalue weighted by atomic mass is 19.4. The maximum atomic E-state index is 14.4. The molecular formula is C16H8F17NO3. The topological polar surface area (TPSA) is 47.6 Å². The highest BCUT2D eigenvalue weighted by Gasteiger charge is 2.85. The molecule has 1 aromatic carbocycles. The van der Waals surface area contributed by atoms with Gasteiger partial charge in [-0.3, -0.25) is 14.3 Å². The number of nitrogens with one attached hydrogen (secondary N) is 1. The quantitative estimate of drug-likeness (QED) is 0.342. The van der Waals surface area contributed by atoms with Crippen molar-refractivity contribution < 1.29 is 88.9 Å². The second-order valence-corrected chi connectivity index (χ2v) is 6.82. The van der Waals surface area contributed by atoms with E-state index in [0.717, 1.165) is 11.4 Å². The van der Waals surface area contributed by atoms with E-state index in [0.29, 0.717) is 12.1 Å². The average molecular weight is 585 g/mol. The zero-order valence-corrected chi connectivity index (χ0v) is 17.0. The summed E-state index contributed by atoms with van der Waals surface area (Å²) in [6, 6.07) is 3.51. The van der Waals surface area contributed by atoms with Crippen molar-refractivity contribution in [3.05, 3.63) is 29.8 Å². The van der Waals surface area contributed by atoms with Gasteiger partial charge in [-0.15, -0.1) is 0 Å². The van der Waals surface area contributed by atoms with Crippen LogP contribution in [0.1, 0.15) is 5.56 Å². The maximum Gasteiger partial charge on any atom is 0.462 e. The molecule has 0 aliphatic heterocycles. The number of carbonyl (C=O) groups excluding carboxylic acids is 1. The molecule has 1 rings (SSSR count). The largest absolute Gasteiger partial charge is 0.462 e. The predicted molar refractivity (Wildman–Crippen MR) is 82.7 cm³/mol. The van der Waals surface area contributed by atoms with Crippen molar-refractivity contribution >= 4 is 11.6 Å². The van der Waals surface area contributed by atoms with Crippen LogP contribution < -0.4 is 5.32 Å². The summed E-state index contributed by atoms with van der Waals surface area (Å²) < 4.78 is 226. The van der Waals surface area contributed by atoms with Crippen LogP contribution in [0.15, 0.2) is 24.3 Å². The summed E-state index contributed by atoms with van der Waals surface area (Å²) in [6.45, 7) is 1.20. The fourth-order valence-electron chi connectivity index (χ4n) is 2.10. The summed E-state index contributed by atoms with van der Waals surface area (Å²) >= 11 is 0. The molecule has 2 atom stereocenters. The molecule has 1 aromatic rings. The molecule has 21 heteroatoms. The summed E-state index contributed by atoms with van der Waals surface area (Å²) in [7, 11) is 0. The van der Waals surface area contributed by atoms with Crippen LogP contribution in [-0.2, 0) is 14.3 Å². The Morgan fingerprint density at radius 3 is 1.54 bits per heavy atom. The first-order chi connectivity index (χ1) is 16.1. The third kappa shape index (κ3) is 5.96. The van der Waals surface area contributed by atoms with Crippen molar-refractivity contribution in [3.63, 3.8) is 0 Å². The van der Waals surface area contributed by atoms with E-state index in [1.54, 1.807) is 0 Å². The lowest BCUT2D eigenvalue weighted by Crippen LogP contribution is -2.68. The van der Waals surface area contributed by atoms with Crippen molar-refractivity contribution in [2.45, 2.75) is 55.3 Å². The molecule has 0 bridgehead atoms.